The normalized spacial score (nSPS) is 18.5. The molecule has 1 spiro atoms. The average molecular weight is 421 g/mol. The zero-order valence-corrected chi connectivity index (χ0v) is 18.2. The number of fused-ring (bicyclic) bond motifs is 2. The van der Waals surface area contributed by atoms with Crippen LogP contribution in [0.4, 0.5) is 5.95 Å². The molecule has 2 aliphatic rings. The van der Waals surface area contributed by atoms with Gasteiger partial charge in [0.25, 0.3) is 5.91 Å². The van der Waals surface area contributed by atoms with Crippen molar-refractivity contribution in [2.24, 2.45) is 5.41 Å². The van der Waals surface area contributed by atoms with Crippen LogP contribution in [-0.2, 0) is 12.0 Å². The number of anilines is 1. The van der Waals surface area contributed by atoms with Crippen LogP contribution in [0.15, 0.2) is 24.4 Å². The van der Waals surface area contributed by atoms with Crippen LogP contribution < -0.4 is 5.73 Å². The standard InChI is InChI=1S/C23H28N6O2/c1-22(2,3)29-13-15-11-23(12-18(30)19(15)27-29)6-8-28(9-7-23)20(31)14-4-5-16-17(10-14)26-21(24)25-16/h4-5,10,13H,6-9,11-12H2,1-3H3,(H3,24,25,26). The highest BCUT2D eigenvalue weighted by Gasteiger charge is 2.43. The summed E-state index contributed by atoms with van der Waals surface area (Å²) < 4.78 is 1.91. The smallest absolute Gasteiger partial charge is 0.253 e. The van der Waals surface area contributed by atoms with Crippen molar-refractivity contribution in [3.8, 4) is 0 Å². The third-order valence-corrected chi connectivity index (χ3v) is 6.70. The molecule has 162 valence electrons. The average Bonchev–Trinajstić information content (AvgIpc) is 3.30. The zero-order valence-electron chi connectivity index (χ0n) is 18.2. The molecule has 1 aliphatic carbocycles. The lowest BCUT2D eigenvalue weighted by atomic mass is 9.67. The lowest BCUT2D eigenvalue weighted by Gasteiger charge is -2.43. The van der Waals surface area contributed by atoms with E-state index < -0.39 is 0 Å². The van der Waals surface area contributed by atoms with Crippen LogP contribution in [-0.4, -0.2) is 49.4 Å². The predicted octanol–water partition coefficient (Wildman–Crippen LogP) is 3.15. The Morgan fingerprint density at radius 1 is 1.19 bits per heavy atom. The summed E-state index contributed by atoms with van der Waals surface area (Å²) in [5.41, 5.74) is 9.30. The molecule has 3 N–H and O–H groups in total. The number of benzene rings is 1. The van der Waals surface area contributed by atoms with Gasteiger partial charge in [0, 0.05) is 36.8 Å². The Kier molecular flexibility index (Phi) is 4.26. The van der Waals surface area contributed by atoms with E-state index in [1.54, 1.807) is 6.07 Å². The second-order valence-corrected chi connectivity index (χ2v) is 10.0. The second kappa shape index (κ2) is 6.67. The van der Waals surface area contributed by atoms with E-state index in [0.29, 0.717) is 36.7 Å². The number of carbonyl (C=O) groups excluding carboxylic acids is 2. The number of carbonyl (C=O) groups is 2. The number of nitrogen functional groups attached to an aromatic ring is 1. The van der Waals surface area contributed by atoms with E-state index in [1.165, 1.54) is 0 Å². The lowest BCUT2D eigenvalue weighted by Crippen LogP contribution is -2.46. The molecule has 0 radical (unpaired) electrons. The molecule has 0 bridgehead atoms. The second-order valence-electron chi connectivity index (χ2n) is 10.0. The van der Waals surface area contributed by atoms with Gasteiger partial charge < -0.3 is 15.6 Å². The molecule has 0 atom stereocenters. The molecule has 8 nitrogen and oxygen atoms in total. The van der Waals surface area contributed by atoms with Crippen molar-refractivity contribution >= 4 is 28.7 Å². The van der Waals surface area contributed by atoms with Gasteiger partial charge in [-0.1, -0.05) is 0 Å². The summed E-state index contributed by atoms with van der Waals surface area (Å²) in [5.74, 6) is 0.482. The number of likely N-dealkylation sites (tertiary alicyclic amines) is 1. The van der Waals surface area contributed by atoms with E-state index in [9.17, 15) is 9.59 Å². The largest absolute Gasteiger partial charge is 0.369 e. The number of rotatable bonds is 1. The number of hydrogen-bond acceptors (Lipinski definition) is 5. The first-order chi connectivity index (χ1) is 14.6. The van der Waals surface area contributed by atoms with Gasteiger partial charge in [-0.05, 0) is 63.6 Å². The maximum absolute atomic E-state index is 13.1. The molecule has 8 heteroatoms. The van der Waals surface area contributed by atoms with Crippen molar-refractivity contribution in [2.45, 2.75) is 52.0 Å². The zero-order chi connectivity index (χ0) is 22.0. The molecule has 1 fully saturated rings. The number of imidazole rings is 1. The molecule has 31 heavy (non-hydrogen) atoms. The Morgan fingerprint density at radius 2 is 1.94 bits per heavy atom. The summed E-state index contributed by atoms with van der Waals surface area (Å²) in [5, 5.41) is 4.58. The number of amides is 1. The van der Waals surface area contributed by atoms with E-state index in [0.717, 1.165) is 35.9 Å². The lowest BCUT2D eigenvalue weighted by molar-refractivity contribution is 0.0520. The van der Waals surface area contributed by atoms with Gasteiger partial charge in [-0.2, -0.15) is 5.10 Å². The van der Waals surface area contributed by atoms with Crippen LogP contribution in [0.2, 0.25) is 0 Å². The van der Waals surface area contributed by atoms with E-state index in [1.807, 2.05) is 27.9 Å². The molecule has 5 rings (SSSR count). The molecule has 1 aromatic carbocycles. The number of aromatic nitrogens is 4. The molecule has 0 saturated carbocycles. The number of nitrogens with zero attached hydrogens (tertiary/aromatic N) is 4. The summed E-state index contributed by atoms with van der Waals surface area (Å²) in [7, 11) is 0. The number of Topliss-reactive ketones (excluding diaryl/α,β-unsaturated/α-hetero) is 1. The number of aromatic amines is 1. The molecule has 2 aromatic heterocycles. The molecule has 1 aliphatic heterocycles. The fourth-order valence-corrected chi connectivity index (χ4v) is 4.89. The summed E-state index contributed by atoms with van der Waals surface area (Å²) in [4.78, 5) is 35.0. The molecule has 3 aromatic rings. The molecule has 0 unspecified atom stereocenters. The summed E-state index contributed by atoms with van der Waals surface area (Å²) >= 11 is 0. The van der Waals surface area contributed by atoms with E-state index in [4.69, 9.17) is 5.73 Å². The van der Waals surface area contributed by atoms with Gasteiger partial charge >= 0.3 is 0 Å². The van der Waals surface area contributed by atoms with Crippen molar-refractivity contribution in [1.82, 2.24) is 24.6 Å². The number of hydrogen-bond donors (Lipinski definition) is 2. The highest BCUT2D eigenvalue weighted by atomic mass is 16.2. The van der Waals surface area contributed by atoms with Crippen LogP contribution >= 0.6 is 0 Å². The van der Waals surface area contributed by atoms with E-state index in [-0.39, 0.29) is 22.6 Å². The Balaban J connectivity index is 1.32. The molecule has 1 amide bonds. The van der Waals surface area contributed by atoms with Gasteiger partial charge in [0.2, 0.25) is 0 Å². The van der Waals surface area contributed by atoms with Gasteiger partial charge in [0.1, 0.15) is 5.69 Å². The Labute approximate surface area is 180 Å². The topological polar surface area (TPSA) is 110 Å². The minimum atomic E-state index is -0.152. The van der Waals surface area contributed by atoms with Crippen molar-refractivity contribution in [3.05, 3.63) is 41.2 Å². The fraction of sp³-hybridized carbons (Fsp3) is 0.478. The SMILES string of the molecule is CC(C)(C)n1cc2c(n1)C(=O)CC1(CCN(C(=O)c3ccc4nc(N)[nH]c4c3)CC1)C2. The Bertz CT molecular complexity index is 1190. The fourth-order valence-electron chi connectivity index (χ4n) is 4.89. The summed E-state index contributed by atoms with van der Waals surface area (Å²) in [6, 6.07) is 5.42. The summed E-state index contributed by atoms with van der Waals surface area (Å²) in [6.07, 6.45) is 5.05. The van der Waals surface area contributed by atoms with Gasteiger partial charge in [0.15, 0.2) is 11.7 Å². The van der Waals surface area contributed by atoms with Crippen LogP contribution in [0, 0.1) is 5.41 Å². The molecule has 1 saturated heterocycles. The van der Waals surface area contributed by atoms with E-state index in [2.05, 4.69) is 35.8 Å². The minimum absolute atomic E-state index is 0.00768. The number of nitrogens with two attached hydrogens (primary N) is 1. The van der Waals surface area contributed by atoms with Gasteiger partial charge in [-0.3, -0.25) is 14.3 Å². The molecular weight excluding hydrogens is 392 g/mol. The first-order valence-electron chi connectivity index (χ1n) is 10.8. The monoisotopic (exact) mass is 420 g/mol. The van der Waals surface area contributed by atoms with Gasteiger partial charge in [-0.15, -0.1) is 0 Å². The number of nitrogens with one attached hydrogen (secondary N) is 1. The first-order valence-corrected chi connectivity index (χ1v) is 10.8. The van der Waals surface area contributed by atoms with Gasteiger partial charge in [0.05, 0.1) is 16.6 Å². The van der Waals surface area contributed by atoms with E-state index >= 15 is 0 Å². The van der Waals surface area contributed by atoms with Gasteiger partial charge in [-0.25, -0.2) is 4.98 Å². The number of piperidine rings is 1. The van der Waals surface area contributed by atoms with Crippen LogP contribution in [0.5, 0.6) is 0 Å². The Morgan fingerprint density at radius 3 is 2.65 bits per heavy atom. The highest BCUT2D eigenvalue weighted by molar-refractivity contribution is 5.98. The van der Waals surface area contributed by atoms with Crippen molar-refractivity contribution in [2.75, 3.05) is 18.8 Å². The number of ketones is 1. The third-order valence-electron chi connectivity index (χ3n) is 6.70. The third kappa shape index (κ3) is 3.40. The molecular formula is C23H28N6O2. The quantitative estimate of drug-likeness (QED) is 0.628. The van der Waals surface area contributed by atoms with Crippen LogP contribution in [0.1, 0.15) is 66.4 Å². The minimum Gasteiger partial charge on any atom is -0.369 e. The predicted molar refractivity (Wildman–Crippen MR) is 118 cm³/mol. The first kappa shape index (κ1) is 19.8. The van der Waals surface area contributed by atoms with Crippen molar-refractivity contribution in [3.63, 3.8) is 0 Å². The van der Waals surface area contributed by atoms with Crippen LogP contribution in [0.25, 0.3) is 11.0 Å². The summed E-state index contributed by atoms with van der Waals surface area (Å²) in [6.45, 7) is 7.57. The highest BCUT2D eigenvalue weighted by Crippen LogP contribution is 2.43. The maximum Gasteiger partial charge on any atom is 0.253 e. The maximum atomic E-state index is 13.1. The van der Waals surface area contributed by atoms with Crippen LogP contribution in [0.3, 0.4) is 0 Å². The number of H-pyrrole nitrogens is 1. The Hall–Kier alpha value is -3.16. The molecule has 3 heterocycles. The van der Waals surface area contributed by atoms with Crippen molar-refractivity contribution < 1.29 is 9.59 Å². The van der Waals surface area contributed by atoms with Crippen molar-refractivity contribution in [1.29, 1.82) is 0 Å².